The number of carbonyl (C=O) groups excluding carboxylic acids is 3. The van der Waals surface area contributed by atoms with Crippen LogP contribution in [0.15, 0.2) is 134 Å². The van der Waals surface area contributed by atoms with Crippen LogP contribution in [-0.2, 0) is 42.2 Å². The number of nitrogens with zero attached hydrogens (tertiary/aromatic N) is 7. The molecule has 2 N–H and O–H groups in total. The quantitative estimate of drug-likeness (QED) is 0.206. The van der Waals surface area contributed by atoms with Crippen molar-refractivity contribution in [3.05, 3.63) is 162 Å². The van der Waals surface area contributed by atoms with E-state index in [9.17, 15) is 19.5 Å². The third kappa shape index (κ3) is 7.37. The molecule has 0 radical (unpaired) electrons. The molecule has 5 aromatic carbocycles. The molecule has 1 aromatic heterocycles. The Hall–Kier alpha value is -6.53. The van der Waals surface area contributed by atoms with Gasteiger partial charge < -0.3 is 20.2 Å². The third-order valence-corrected chi connectivity index (χ3v) is 10.0. The van der Waals surface area contributed by atoms with Crippen LogP contribution < -0.4 is 5.32 Å². The summed E-state index contributed by atoms with van der Waals surface area (Å²) in [5.74, 6) is -0.371. The third-order valence-electron chi connectivity index (χ3n) is 10.0. The fraction of sp³-hybridized carbons (Fsp3) is 0.214. The van der Waals surface area contributed by atoms with Gasteiger partial charge in [-0.15, -0.1) is 5.10 Å². The maximum Gasteiger partial charge on any atom is 0.334 e. The molecule has 2 fully saturated rings. The molecule has 54 heavy (non-hydrogen) atoms. The molecule has 6 aromatic rings. The zero-order chi connectivity index (χ0) is 37.0. The normalized spacial score (nSPS) is 17.5. The maximum atomic E-state index is 14.6. The molecule has 2 aliphatic rings. The van der Waals surface area contributed by atoms with Crippen LogP contribution in [0.5, 0.6) is 5.75 Å². The summed E-state index contributed by atoms with van der Waals surface area (Å²) in [6.45, 7) is 1.17. The Kier molecular flexibility index (Phi) is 9.73. The number of amides is 4. The first-order valence-electron chi connectivity index (χ1n) is 18.0. The number of phenolic OH excluding ortho intramolecular Hbond substituents is 1. The van der Waals surface area contributed by atoms with Gasteiger partial charge >= 0.3 is 6.03 Å². The van der Waals surface area contributed by atoms with Crippen molar-refractivity contribution in [1.82, 2.24) is 40.1 Å². The average Bonchev–Trinajstić information content (AvgIpc) is 3.63. The lowest BCUT2D eigenvalue weighted by Gasteiger charge is -2.55. The number of aromatic hydroxyl groups is 1. The van der Waals surface area contributed by atoms with Crippen molar-refractivity contribution < 1.29 is 19.5 Å². The Labute approximate surface area is 312 Å². The Balaban J connectivity index is 1.15. The minimum atomic E-state index is -0.894. The fourth-order valence-electron chi connectivity index (χ4n) is 7.47. The number of hydrogen-bond acceptors (Lipinski definition) is 7. The number of nitrogens with one attached hydrogen (secondary N) is 1. The predicted octanol–water partition coefficient (Wildman–Crippen LogP) is 4.94. The van der Waals surface area contributed by atoms with Gasteiger partial charge in [-0.2, -0.15) is 5.01 Å². The van der Waals surface area contributed by atoms with Crippen LogP contribution in [0.1, 0.15) is 27.9 Å². The molecule has 12 nitrogen and oxygen atoms in total. The van der Waals surface area contributed by atoms with E-state index in [2.05, 4.69) is 15.6 Å². The summed E-state index contributed by atoms with van der Waals surface area (Å²) in [4.78, 5) is 46.7. The summed E-state index contributed by atoms with van der Waals surface area (Å²) in [5, 5.41) is 27.2. The zero-order valence-electron chi connectivity index (χ0n) is 29.6. The van der Waals surface area contributed by atoms with Crippen molar-refractivity contribution in [1.29, 1.82) is 0 Å². The van der Waals surface area contributed by atoms with Gasteiger partial charge in [0, 0.05) is 19.5 Å². The van der Waals surface area contributed by atoms with Gasteiger partial charge in [0.05, 0.1) is 38.1 Å². The largest absolute Gasteiger partial charge is 0.508 e. The van der Waals surface area contributed by atoms with Gasteiger partial charge in [-0.3, -0.25) is 9.59 Å². The van der Waals surface area contributed by atoms with Crippen molar-refractivity contribution in [2.45, 2.75) is 44.8 Å². The maximum absolute atomic E-state index is 14.6. The number of fused-ring (bicyclic) bond motifs is 2. The van der Waals surface area contributed by atoms with E-state index in [1.807, 2.05) is 109 Å². The van der Waals surface area contributed by atoms with Gasteiger partial charge in [-0.05, 0) is 45.2 Å². The molecule has 2 saturated heterocycles. The molecular formula is C42H40N8O4. The van der Waals surface area contributed by atoms with Crippen LogP contribution in [0.3, 0.4) is 0 Å². The minimum Gasteiger partial charge on any atom is -0.508 e. The SMILES string of the molecule is O=C1[C@H](Cc2ccc(O)cc2)N2C(=O)CN(Cc3cn(Cc4ccccc4)nn3)N(C(=O)NCc3ccccc3)[C@H]2CN1Cc1cccc2ccccc12. The van der Waals surface area contributed by atoms with E-state index in [0.29, 0.717) is 12.2 Å². The highest BCUT2D eigenvalue weighted by Crippen LogP contribution is 2.31. The topological polar surface area (TPSA) is 127 Å². The molecular weight excluding hydrogens is 681 g/mol. The number of urea groups is 1. The van der Waals surface area contributed by atoms with Crippen LogP contribution >= 0.6 is 0 Å². The first-order valence-corrected chi connectivity index (χ1v) is 18.0. The van der Waals surface area contributed by atoms with E-state index in [1.54, 1.807) is 48.8 Å². The lowest BCUT2D eigenvalue weighted by molar-refractivity contribution is -0.192. The second-order valence-corrected chi connectivity index (χ2v) is 13.7. The summed E-state index contributed by atoms with van der Waals surface area (Å²) in [6.07, 6.45) is 1.21. The van der Waals surface area contributed by atoms with Gasteiger partial charge in [0.2, 0.25) is 11.8 Å². The molecule has 2 atom stereocenters. The average molecular weight is 721 g/mol. The van der Waals surface area contributed by atoms with E-state index in [4.69, 9.17) is 0 Å². The summed E-state index contributed by atoms with van der Waals surface area (Å²) in [6, 6.07) is 39.0. The number of carbonyl (C=O) groups is 3. The summed E-state index contributed by atoms with van der Waals surface area (Å²) >= 11 is 0. The van der Waals surface area contributed by atoms with E-state index < -0.39 is 18.2 Å². The number of aromatic nitrogens is 3. The van der Waals surface area contributed by atoms with Crippen molar-refractivity contribution in [3.63, 3.8) is 0 Å². The van der Waals surface area contributed by atoms with E-state index in [0.717, 1.165) is 33.0 Å². The van der Waals surface area contributed by atoms with Crippen molar-refractivity contribution in [3.8, 4) is 5.75 Å². The molecule has 2 aliphatic heterocycles. The number of hydrogen-bond donors (Lipinski definition) is 2. The van der Waals surface area contributed by atoms with Crippen LogP contribution in [0, 0.1) is 0 Å². The Morgan fingerprint density at radius 3 is 2.24 bits per heavy atom. The van der Waals surface area contributed by atoms with Gasteiger partial charge in [0.25, 0.3) is 0 Å². The van der Waals surface area contributed by atoms with Crippen molar-refractivity contribution in [2.75, 3.05) is 13.1 Å². The van der Waals surface area contributed by atoms with Crippen molar-refractivity contribution in [2.24, 2.45) is 0 Å². The van der Waals surface area contributed by atoms with Crippen molar-refractivity contribution >= 4 is 28.6 Å². The number of hydrazine groups is 1. The first-order chi connectivity index (χ1) is 26.4. The number of phenols is 1. The van der Waals surface area contributed by atoms with E-state index >= 15 is 0 Å². The molecule has 0 spiro atoms. The van der Waals surface area contributed by atoms with Crippen LogP contribution in [0.25, 0.3) is 10.8 Å². The number of rotatable bonds is 10. The fourth-order valence-corrected chi connectivity index (χ4v) is 7.47. The van der Waals surface area contributed by atoms with Gasteiger partial charge in [0.15, 0.2) is 0 Å². The van der Waals surface area contributed by atoms with Gasteiger partial charge in [0.1, 0.15) is 18.0 Å². The molecule has 3 heterocycles. The Morgan fingerprint density at radius 2 is 1.46 bits per heavy atom. The molecule has 272 valence electrons. The van der Waals surface area contributed by atoms with Crippen LogP contribution in [0.2, 0.25) is 0 Å². The van der Waals surface area contributed by atoms with E-state index in [-0.39, 0.29) is 56.7 Å². The lowest BCUT2D eigenvalue weighted by atomic mass is 9.97. The number of piperazine rings is 1. The molecule has 12 heteroatoms. The molecule has 8 rings (SSSR count). The first kappa shape index (κ1) is 34.6. The predicted molar refractivity (Wildman–Crippen MR) is 202 cm³/mol. The smallest absolute Gasteiger partial charge is 0.334 e. The van der Waals surface area contributed by atoms with Crippen LogP contribution in [0.4, 0.5) is 4.79 Å². The molecule has 4 amide bonds. The Morgan fingerprint density at radius 1 is 0.759 bits per heavy atom. The Bertz CT molecular complexity index is 2260. The second kappa shape index (κ2) is 15.2. The standard InChI is InChI=1S/C42H40N8O4/c51-36-20-18-30(19-21-36)22-38-41(53)46(25-34-16-9-15-33-14-7-8-17-37(33)34)28-39-49(38)40(52)29-48(50(39)42(54)43-23-31-10-3-1-4-11-31)27-35-26-47(45-44-35)24-32-12-5-2-6-13-32/h1-21,26,38-39,51H,22-25,27-29H2,(H,43,54)/t38-,39-/m0/s1. The van der Waals surface area contributed by atoms with Crippen LogP contribution in [-0.4, -0.2) is 83.1 Å². The summed E-state index contributed by atoms with van der Waals surface area (Å²) < 4.78 is 1.74. The zero-order valence-corrected chi connectivity index (χ0v) is 29.6. The highest BCUT2D eigenvalue weighted by Gasteiger charge is 2.51. The molecule has 0 unspecified atom stereocenters. The highest BCUT2D eigenvalue weighted by molar-refractivity contribution is 5.92. The van der Waals surface area contributed by atoms with Gasteiger partial charge in [-0.1, -0.05) is 120 Å². The van der Waals surface area contributed by atoms with Gasteiger partial charge in [-0.25, -0.2) is 14.5 Å². The highest BCUT2D eigenvalue weighted by atomic mass is 16.3. The lowest BCUT2D eigenvalue weighted by Crippen LogP contribution is -2.76. The molecule has 0 aliphatic carbocycles. The monoisotopic (exact) mass is 720 g/mol. The summed E-state index contributed by atoms with van der Waals surface area (Å²) in [5.41, 5.74) is 4.33. The van der Waals surface area contributed by atoms with E-state index in [1.165, 1.54) is 0 Å². The molecule has 0 bridgehead atoms. The summed E-state index contributed by atoms with van der Waals surface area (Å²) in [7, 11) is 0. The second-order valence-electron chi connectivity index (χ2n) is 13.7. The minimum absolute atomic E-state index is 0.0931. The molecule has 0 saturated carbocycles. The number of benzene rings is 5.